The molecule has 1 aromatic heterocycles. The van der Waals surface area contributed by atoms with Gasteiger partial charge in [0, 0.05) is 11.1 Å². The van der Waals surface area contributed by atoms with E-state index in [0.29, 0.717) is 17.1 Å². The summed E-state index contributed by atoms with van der Waals surface area (Å²) in [6.45, 7) is 1.90. The van der Waals surface area contributed by atoms with Crippen molar-refractivity contribution in [2.45, 2.75) is 6.92 Å². The van der Waals surface area contributed by atoms with Crippen molar-refractivity contribution >= 4 is 39.8 Å². The Morgan fingerprint density at radius 2 is 1.82 bits per heavy atom. The van der Waals surface area contributed by atoms with Gasteiger partial charge < -0.3 is 15.4 Å². The number of methoxy groups -OCH3 is 1. The van der Waals surface area contributed by atoms with E-state index in [4.69, 9.17) is 4.74 Å². The Kier molecular flexibility index (Phi) is 5.85. The van der Waals surface area contributed by atoms with Crippen LogP contribution in [0.4, 0.5) is 25.7 Å². The van der Waals surface area contributed by atoms with Crippen LogP contribution in [0.15, 0.2) is 47.8 Å². The number of urea groups is 1. The standard InChI is InChI=1S/C19H17FN4O3S/c1-11-3-8-16(27-2)14(9-11)22-17(25)15-10-28-19(23-15)24-18(26)21-13-6-4-12(20)5-7-13/h3-10H,1-2H3,(H,22,25)(H2,21,23,24,26). The molecule has 3 rings (SSSR count). The highest BCUT2D eigenvalue weighted by atomic mass is 32.1. The van der Waals surface area contributed by atoms with Gasteiger partial charge in [-0.3, -0.25) is 10.1 Å². The molecule has 144 valence electrons. The molecule has 0 bridgehead atoms. The average molecular weight is 400 g/mol. The third-order valence-corrected chi connectivity index (χ3v) is 4.42. The molecule has 3 N–H and O–H groups in total. The number of hydrogen-bond acceptors (Lipinski definition) is 5. The smallest absolute Gasteiger partial charge is 0.325 e. The summed E-state index contributed by atoms with van der Waals surface area (Å²) in [6, 6.07) is 10.2. The average Bonchev–Trinajstić information content (AvgIpc) is 3.12. The fourth-order valence-corrected chi connectivity index (χ4v) is 3.02. The first-order chi connectivity index (χ1) is 13.4. The van der Waals surface area contributed by atoms with E-state index in [2.05, 4.69) is 20.9 Å². The zero-order valence-corrected chi connectivity index (χ0v) is 15.9. The van der Waals surface area contributed by atoms with Crippen LogP contribution in [0.1, 0.15) is 16.1 Å². The van der Waals surface area contributed by atoms with Crippen LogP contribution in [0, 0.1) is 12.7 Å². The van der Waals surface area contributed by atoms with Gasteiger partial charge in [0.05, 0.1) is 12.8 Å². The fourth-order valence-electron chi connectivity index (χ4n) is 2.33. The van der Waals surface area contributed by atoms with Crippen LogP contribution in [0.5, 0.6) is 5.75 Å². The van der Waals surface area contributed by atoms with Gasteiger partial charge in [0.15, 0.2) is 5.13 Å². The minimum Gasteiger partial charge on any atom is -0.495 e. The summed E-state index contributed by atoms with van der Waals surface area (Å²) in [4.78, 5) is 28.5. The van der Waals surface area contributed by atoms with Crippen molar-refractivity contribution in [3.05, 3.63) is 64.9 Å². The first kappa shape index (κ1) is 19.3. The van der Waals surface area contributed by atoms with E-state index < -0.39 is 17.8 Å². The SMILES string of the molecule is COc1ccc(C)cc1NC(=O)c1csc(NC(=O)Nc2ccc(F)cc2)n1. The molecule has 0 radical (unpaired) electrons. The second kappa shape index (κ2) is 8.49. The van der Waals surface area contributed by atoms with E-state index in [1.54, 1.807) is 12.1 Å². The molecule has 1 heterocycles. The minimum absolute atomic E-state index is 0.158. The lowest BCUT2D eigenvalue weighted by atomic mass is 10.2. The van der Waals surface area contributed by atoms with Crippen LogP contribution in [0.25, 0.3) is 0 Å². The number of halogens is 1. The third kappa shape index (κ3) is 4.83. The maximum atomic E-state index is 12.9. The van der Waals surface area contributed by atoms with Gasteiger partial charge in [0.25, 0.3) is 5.91 Å². The highest BCUT2D eigenvalue weighted by Gasteiger charge is 2.15. The first-order valence-corrected chi connectivity index (χ1v) is 9.07. The van der Waals surface area contributed by atoms with Crippen LogP contribution in [-0.2, 0) is 0 Å². The van der Waals surface area contributed by atoms with E-state index in [-0.39, 0.29) is 10.8 Å². The predicted octanol–water partition coefficient (Wildman–Crippen LogP) is 4.50. The summed E-state index contributed by atoms with van der Waals surface area (Å²) in [5.74, 6) is -0.287. The zero-order valence-electron chi connectivity index (χ0n) is 15.1. The van der Waals surface area contributed by atoms with Gasteiger partial charge in [0.2, 0.25) is 0 Å². The molecule has 0 spiro atoms. The van der Waals surface area contributed by atoms with Crippen LogP contribution in [0.2, 0.25) is 0 Å². The van der Waals surface area contributed by atoms with E-state index in [1.165, 1.54) is 36.8 Å². The molecule has 28 heavy (non-hydrogen) atoms. The zero-order chi connectivity index (χ0) is 20.1. The number of carbonyl (C=O) groups excluding carboxylic acids is 2. The number of anilines is 3. The molecule has 7 nitrogen and oxygen atoms in total. The molecule has 2 aromatic carbocycles. The topological polar surface area (TPSA) is 92.4 Å². The van der Waals surface area contributed by atoms with E-state index in [9.17, 15) is 14.0 Å². The number of ether oxygens (including phenoxy) is 1. The Bertz CT molecular complexity index is 1000. The summed E-state index contributed by atoms with van der Waals surface area (Å²) >= 11 is 1.11. The second-order valence-electron chi connectivity index (χ2n) is 5.78. The lowest BCUT2D eigenvalue weighted by Crippen LogP contribution is -2.19. The number of aromatic nitrogens is 1. The lowest BCUT2D eigenvalue weighted by molar-refractivity contribution is 0.102. The summed E-state index contributed by atoms with van der Waals surface area (Å²) in [5, 5.41) is 9.62. The maximum absolute atomic E-state index is 12.9. The Labute approximate surface area is 164 Å². The van der Waals surface area contributed by atoms with Crippen molar-refractivity contribution in [3.8, 4) is 5.75 Å². The van der Waals surface area contributed by atoms with Gasteiger partial charge in [-0.1, -0.05) is 6.07 Å². The Hall–Kier alpha value is -3.46. The molecule has 0 saturated carbocycles. The molecule has 9 heteroatoms. The Morgan fingerprint density at radius 1 is 1.07 bits per heavy atom. The maximum Gasteiger partial charge on any atom is 0.325 e. The minimum atomic E-state index is -0.548. The molecule has 3 aromatic rings. The summed E-state index contributed by atoms with van der Waals surface area (Å²) in [6.07, 6.45) is 0. The van der Waals surface area contributed by atoms with Crippen LogP contribution in [0.3, 0.4) is 0 Å². The predicted molar refractivity (Wildman–Crippen MR) is 107 cm³/mol. The molecule has 0 fully saturated rings. The van der Waals surface area contributed by atoms with Gasteiger partial charge in [-0.05, 0) is 48.9 Å². The van der Waals surface area contributed by atoms with Gasteiger partial charge in [-0.15, -0.1) is 11.3 Å². The van der Waals surface area contributed by atoms with Crippen molar-refractivity contribution in [2.24, 2.45) is 0 Å². The molecule has 0 saturated heterocycles. The largest absolute Gasteiger partial charge is 0.495 e. The summed E-state index contributed by atoms with van der Waals surface area (Å²) < 4.78 is 18.1. The number of amides is 3. The molecule has 0 aliphatic rings. The van der Waals surface area contributed by atoms with Gasteiger partial charge >= 0.3 is 6.03 Å². The van der Waals surface area contributed by atoms with Crippen molar-refractivity contribution in [1.82, 2.24) is 4.98 Å². The van der Waals surface area contributed by atoms with Crippen molar-refractivity contribution in [3.63, 3.8) is 0 Å². The monoisotopic (exact) mass is 400 g/mol. The quantitative estimate of drug-likeness (QED) is 0.588. The highest BCUT2D eigenvalue weighted by molar-refractivity contribution is 7.14. The van der Waals surface area contributed by atoms with Crippen molar-refractivity contribution < 1.29 is 18.7 Å². The second-order valence-corrected chi connectivity index (χ2v) is 6.64. The van der Waals surface area contributed by atoms with Crippen LogP contribution < -0.4 is 20.7 Å². The number of thiazole rings is 1. The molecular formula is C19H17FN4O3S. The number of aryl methyl sites for hydroxylation is 1. The number of nitrogens with one attached hydrogen (secondary N) is 3. The van der Waals surface area contributed by atoms with E-state index in [0.717, 1.165) is 16.9 Å². The number of rotatable bonds is 5. The number of nitrogens with zero attached hydrogens (tertiary/aromatic N) is 1. The normalized spacial score (nSPS) is 10.2. The van der Waals surface area contributed by atoms with Gasteiger partial charge in [0.1, 0.15) is 17.3 Å². The molecule has 0 aliphatic heterocycles. The molecule has 0 aliphatic carbocycles. The number of hydrogen-bond donors (Lipinski definition) is 3. The molecule has 0 unspecified atom stereocenters. The third-order valence-electron chi connectivity index (χ3n) is 3.66. The molecular weight excluding hydrogens is 383 g/mol. The molecule has 0 atom stereocenters. The Balaban J connectivity index is 1.63. The van der Waals surface area contributed by atoms with Crippen LogP contribution >= 0.6 is 11.3 Å². The summed E-state index contributed by atoms with van der Waals surface area (Å²) in [5.41, 5.74) is 2.09. The number of benzene rings is 2. The first-order valence-electron chi connectivity index (χ1n) is 8.19. The van der Waals surface area contributed by atoms with Crippen molar-refractivity contribution in [2.75, 3.05) is 23.1 Å². The highest BCUT2D eigenvalue weighted by Crippen LogP contribution is 2.26. The lowest BCUT2D eigenvalue weighted by Gasteiger charge is -2.10. The summed E-state index contributed by atoms with van der Waals surface area (Å²) in [7, 11) is 1.52. The van der Waals surface area contributed by atoms with Crippen molar-refractivity contribution in [1.29, 1.82) is 0 Å². The number of carbonyl (C=O) groups is 2. The van der Waals surface area contributed by atoms with Crippen LogP contribution in [-0.4, -0.2) is 24.0 Å². The van der Waals surface area contributed by atoms with Gasteiger partial charge in [-0.2, -0.15) is 0 Å². The molecule has 3 amide bonds. The Morgan fingerprint density at radius 3 is 2.54 bits per heavy atom. The van der Waals surface area contributed by atoms with E-state index >= 15 is 0 Å². The van der Waals surface area contributed by atoms with E-state index in [1.807, 2.05) is 13.0 Å². The fraction of sp³-hybridized carbons (Fsp3) is 0.105. The van der Waals surface area contributed by atoms with Gasteiger partial charge in [-0.25, -0.2) is 14.2 Å².